The number of ketones is 1. The molecule has 0 saturated carbocycles. The quantitative estimate of drug-likeness (QED) is 0.212. The topological polar surface area (TPSA) is 101 Å². The van der Waals surface area contributed by atoms with E-state index in [-0.39, 0.29) is 22.4 Å². The number of nitrogens with zero attached hydrogens (tertiary/aromatic N) is 2. The van der Waals surface area contributed by atoms with Gasteiger partial charge in [0, 0.05) is 28.9 Å². The Bertz CT molecular complexity index is 1270. The number of nitro benzene ring substituents is 1. The number of amides is 1. The monoisotopic (exact) mass is 432 g/mol. The van der Waals surface area contributed by atoms with Crippen LogP contribution in [0.25, 0.3) is 5.76 Å². The number of anilines is 1. The van der Waals surface area contributed by atoms with Crippen LogP contribution in [-0.4, -0.2) is 21.7 Å². The lowest BCUT2D eigenvalue weighted by Gasteiger charge is -2.25. The average Bonchev–Trinajstić information content (AvgIpc) is 3.05. The van der Waals surface area contributed by atoms with E-state index < -0.39 is 34.2 Å². The van der Waals surface area contributed by atoms with Gasteiger partial charge in [0.15, 0.2) is 0 Å². The molecule has 0 unspecified atom stereocenters. The number of aliphatic hydroxyl groups excluding tert-OH is 1. The maximum absolute atomic E-state index is 14.8. The van der Waals surface area contributed by atoms with Crippen LogP contribution in [0.1, 0.15) is 22.7 Å². The molecule has 1 N–H and O–H groups in total. The number of rotatable bonds is 4. The van der Waals surface area contributed by atoms with E-state index in [4.69, 9.17) is 0 Å². The first-order valence-electron chi connectivity index (χ1n) is 9.66. The number of halogens is 1. The predicted octanol–water partition coefficient (Wildman–Crippen LogP) is 4.67. The number of hydrogen-bond acceptors (Lipinski definition) is 5. The van der Waals surface area contributed by atoms with Gasteiger partial charge in [-0.15, -0.1) is 0 Å². The van der Waals surface area contributed by atoms with Gasteiger partial charge in [-0.2, -0.15) is 0 Å². The molecule has 1 saturated heterocycles. The normalized spacial score (nSPS) is 17.6. The first kappa shape index (κ1) is 20.9. The minimum Gasteiger partial charge on any atom is -0.507 e. The van der Waals surface area contributed by atoms with Gasteiger partial charge >= 0.3 is 0 Å². The molecule has 7 nitrogen and oxygen atoms in total. The van der Waals surface area contributed by atoms with Crippen molar-refractivity contribution in [2.24, 2.45) is 0 Å². The summed E-state index contributed by atoms with van der Waals surface area (Å²) in [4.78, 5) is 37.5. The van der Waals surface area contributed by atoms with E-state index in [1.54, 1.807) is 30.3 Å². The molecule has 3 aromatic carbocycles. The van der Waals surface area contributed by atoms with Gasteiger partial charge in [-0.3, -0.25) is 24.6 Å². The molecular weight excluding hydrogens is 415 g/mol. The summed E-state index contributed by atoms with van der Waals surface area (Å²) in [5.74, 6) is -3.08. The molecule has 0 bridgehead atoms. The molecule has 1 heterocycles. The molecule has 0 spiro atoms. The molecule has 0 aromatic heterocycles. The molecule has 4 rings (SSSR count). The van der Waals surface area contributed by atoms with Crippen LogP contribution in [0.4, 0.5) is 15.8 Å². The van der Waals surface area contributed by atoms with E-state index in [1.165, 1.54) is 42.5 Å². The SMILES string of the molecule is Cc1ccc(N2C(=O)C(=O)C(=C(O)c3ccc([N+](=O)[O-])cc3)[C@H]2c2ccccc2F)cc1. The number of aliphatic hydroxyl groups is 1. The second-order valence-electron chi connectivity index (χ2n) is 7.33. The second-order valence-corrected chi connectivity index (χ2v) is 7.33. The third-order valence-electron chi connectivity index (χ3n) is 5.31. The predicted molar refractivity (Wildman–Crippen MR) is 115 cm³/mol. The van der Waals surface area contributed by atoms with Crippen LogP contribution in [-0.2, 0) is 9.59 Å². The first-order chi connectivity index (χ1) is 15.3. The molecule has 8 heteroatoms. The Labute approximate surface area is 182 Å². The minimum atomic E-state index is -1.21. The summed E-state index contributed by atoms with van der Waals surface area (Å²) in [5.41, 5.74) is 0.934. The lowest BCUT2D eigenvalue weighted by Crippen LogP contribution is -2.29. The van der Waals surface area contributed by atoms with Crippen molar-refractivity contribution in [3.05, 3.63) is 111 Å². The zero-order chi connectivity index (χ0) is 23.0. The van der Waals surface area contributed by atoms with Crippen LogP contribution in [0.3, 0.4) is 0 Å². The number of carbonyl (C=O) groups excluding carboxylic acids is 2. The number of nitro groups is 1. The van der Waals surface area contributed by atoms with Crippen LogP contribution in [0.15, 0.2) is 78.4 Å². The standard InChI is InChI=1S/C24H17FN2O5/c1-14-6-10-16(11-7-14)26-21(18-4-2-3-5-19(18)25)20(23(29)24(26)30)22(28)15-8-12-17(13-9-15)27(31)32/h2-13,21,28H,1H3/t21-/m1/s1. The average molecular weight is 432 g/mol. The molecule has 1 aliphatic heterocycles. The van der Waals surface area contributed by atoms with Gasteiger partial charge in [-0.25, -0.2) is 4.39 Å². The summed E-state index contributed by atoms with van der Waals surface area (Å²) in [6.07, 6.45) is 0. The van der Waals surface area contributed by atoms with Gasteiger partial charge in [0.2, 0.25) is 0 Å². The van der Waals surface area contributed by atoms with Crippen molar-refractivity contribution >= 4 is 28.8 Å². The number of carbonyl (C=O) groups is 2. The maximum Gasteiger partial charge on any atom is 0.300 e. The Kier molecular flexibility index (Phi) is 5.28. The Balaban J connectivity index is 1.93. The van der Waals surface area contributed by atoms with Crippen molar-refractivity contribution in [2.45, 2.75) is 13.0 Å². The summed E-state index contributed by atoms with van der Waals surface area (Å²) >= 11 is 0. The summed E-state index contributed by atoms with van der Waals surface area (Å²) < 4.78 is 14.8. The zero-order valence-corrected chi connectivity index (χ0v) is 16.9. The van der Waals surface area contributed by atoms with Gasteiger partial charge in [0.1, 0.15) is 11.6 Å². The summed E-state index contributed by atoms with van der Waals surface area (Å²) in [6, 6.07) is 16.1. The van der Waals surface area contributed by atoms with Crippen molar-refractivity contribution in [2.75, 3.05) is 4.90 Å². The van der Waals surface area contributed by atoms with Crippen molar-refractivity contribution in [3.63, 3.8) is 0 Å². The lowest BCUT2D eigenvalue weighted by molar-refractivity contribution is -0.384. The van der Waals surface area contributed by atoms with E-state index >= 15 is 0 Å². The number of aryl methyl sites for hydroxylation is 1. The molecule has 1 aliphatic rings. The molecule has 3 aromatic rings. The summed E-state index contributed by atoms with van der Waals surface area (Å²) in [7, 11) is 0. The summed E-state index contributed by atoms with van der Waals surface area (Å²) in [6.45, 7) is 1.86. The molecule has 1 atom stereocenters. The molecular formula is C24H17FN2O5. The van der Waals surface area contributed by atoms with Crippen molar-refractivity contribution in [1.82, 2.24) is 0 Å². The Morgan fingerprint density at radius 2 is 1.62 bits per heavy atom. The fraction of sp³-hybridized carbons (Fsp3) is 0.0833. The molecule has 0 radical (unpaired) electrons. The highest BCUT2D eigenvalue weighted by molar-refractivity contribution is 6.51. The minimum absolute atomic E-state index is 0.0377. The molecule has 160 valence electrons. The summed E-state index contributed by atoms with van der Waals surface area (Å²) in [5, 5.41) is 21.9. The van der Waals surface area contributed by atoms with Crippen molar-refractivity contribution in [1.29, 1.82) is 0 Å². The van der Waals surface area contributed by atoms with E-state index in [2.05, 4.69) is 0 Å². The van der Waals surface area contributed by atoms with Gasteiger partial charge < -0.3 is 5.11 Å². The van der Waals surface area contributed by atoms with Crippen molar-refractivity contribution < 1.29 is 24.0 Å². The highest BCUT2D eigenvalue weighted by atomic mass is 19.1. The Morgan fingerprint density at radius 1 is 1.00 bits per heavy atom. The molecule has 32 heavy (non-hydrogen) atoms. The van der Waals surface area contributed by atoms with Crippen LogP contribution in [0, 0.1) is 22.9 Å². The van der Waals surface area contributed by atoms with Crippen LogP contribution < -0.4 is 4.90 Å². The van der Waals surface area contributed by atoms with Gasteiger partial charge in [0.05, 0.1) is 16.5 Å². The van der Waals surface area contributed by atoms with Gasteiger partial charge in [-0.05, 0) is 37.3 Å². The van der Waals surface area contributed by atoms with E-state index in [1.807, 2.05) is 6.92 Å². The Morgan fingerprint density at radius 3 is 2.22 bits per heavy atom. The maximum atomic E-state index is 14.8. The molecule has 0 aliphatic carbocycles. The third kappa shape index (κ3) is 3.51. The van der Waals surface area contributed by atoms with E-state index in [0.717, 1.165) is 10.5 Å². The van der Waals surface area contributed by atoms with Crippen LogP contribution in [0.2, 0.25) is 0 Å². The van der Waals surface area contributed by atoms with Gasteiger partial charge in [0.25, 0.3) is 17.4 Å². The van der Waals surface area contributed by atoms with Crippen LogP contribution in [0.5, 0.6) is 0 Å². The smallest absolute Gasteiger partial charge is 0.300 e. The fourth-order valence-electron chi connectivity index (χ4n) is 3.69. The van der Waals surface area contributed by atoms with E-state index in [0.29, 0.717) is 5.69 Å². The number of Topliss-reactive ketones (excluding diaryl/α,β-unsaturated/α-hetero) is 1. The zero-order valence-electron chi connectivity index (χ0n) is 16.9. The largest absolute Gasteiger partial charge is 0.507 e. The van der Waals surface area contributed by atoms with Crippen LogP contribution >= 0.6 is 0 Å². The van der Waals surface area contributed by atoms with Gasteiger partial charge in [-0.1, -0.05) is 35.9 Å². The number of benzene rings is 3. The fourth-order valence-corrected chi connectivity index (χ4v) is 3.69. The highest BCUT2D eigenvalue weighted by Crippen LogP contribution is 2.43. The third-order valence-corrected chi connectivity index (χ3v) is 5.31. The second kappa shape index (κ2) is 8.07. The Hall–Kier alpha value is -4.33. The molecule has 1 amide bonds. The first-order valence-corrected chi connectivity index (χ1v) is 9.66. The van der Waals surface area contributed by atoms with Crippen molar-refractivity contribution in [3.8, 4) is 0 Å². The number of non-ortho nitro benzene ring substituents is 1. The van der Waals surface area contributed by atoms with E-state index in [9.17, 15) is 29.2 Å². The lowest BCUT2D eigenvalue weighted by atomic mass is 9.94. The molecule has 1 fully saturated rings. The number of hydrogen-bond donors (Lipinski definition) is 1. The highest BCUT2D eigenvalue weighted by Gasteiger charge is 2.47.